The van der Waals surface area contributed by atoms with Gasteiger partial charge in [-0.1, -0.05) is 0 Å². The first-order chi connectivity index (χ1) is 5.25. The summed E-state index contributed by atoms with van der Waals surface area (Å²) in [6.45, 7) is 0. The smallest absolute Gasteiger partial charge is 0.407 e. The molecule has 0 aromatic carbocycles. The van der Waals surface area contributed by atoms with Gasteiger partial charge in [0.25, 0.3) is 0 Å². The lowest BCUT2D eigenvalue weighted by Crippen LogP contribution is -2.38. The van der Waals surface area contributed by atoms with Crippen LogP contribution in [-0.2, 0) is 4.74 Å². The molecule has 1 aliphatic heterocycles. The van der Waals surface area contributed by atoms with Crippen LogP contribution in [0.5, 0.6) is 0 Å². The van der Waals surface area contributed by atoms with Gasteiger partial charge in [0.2, 0.25) is 0 Å². The van der Waals surface area contributed by atoms with Crippen LogP contribution in [0.2, 0.25) is 0 Å². The molecule has 2 rings (SSSR count). The maximum absolute atomic E-state index is 10.7. The number of aliphatic hydroxyl groups is 1. The van der Waals surface area contributed by atoms with Gasteiger partial charge in [-0.25, -0.2) is 4.79 Å². The van der Waals surface area contributed by atoms with Crippen LogP contribution in [0, 0.1) is 0 Å². The SMILES string of the molecule is O=C1NC2CCC(O)CC2O1. The van der Waals surface area contributed by atoms with Crippen molar-refractivity contribution in [2.45, 2.75) is 37.5 Å². The van der Waals surface area contributed by atoms with Crippen LogP contribution in [0.15, 0.2) is 0 Å². The van der Waals surface area contributed by atoms with Crippen molar-refractivity contribution in [2.75, 3.05) is 0 Å². The fraction of sp³-hybridized carbons (Fsp3) is 0.857. The molecule has 1 amide bonds. The van der Waals surface area contributed by atoms with E-state index in [0.717, 1.165) is 12.8 Å². The first kappa shape index (κ1) is 6.91. The molecular weight excluding hydrogens is 146 g/mol. The van der Waals surface area contributed by atoms with E-state index in [1.807, 2.05) is 0 Å². The molecule has 62 valence electrons. The Bertz CT molecular complexity index is 183. The molecule has 0 bridgehead atoms. The van der Waals surface area contributed by atoms with Crippen LogP contribution in [0.4, 0.5) is 4.79 Å². The van der Waals surface area contributed by atoms with Crippen molar-refractivity contribution in [3.63, 3.8) is 0 Å². The average Bonchev–Trinajstić information content (AvgIpc) is 2.27. The molecule has 0 radical (unpaired) electrons. The van der Waals surface area contributed by atoms with E-state index in [-0.39, 0.29) is 24.3 Å². The zero-order chi connectivity index (χ0) is 7.84. The summed E-state index contributed by atoms with van der Waals surface area (Å²) in [5.74, 6) is 0. The number of hydrogen-bond acceptors (Lipinski definition) is 3. The van der Waals surface area contributed by atoms with Gasteiger partial charge < -0.3 is 15.2 Å². The molecule has 1 heterocycles. The number of rotatable bonds is 0. The highest BCUT2D eigenvalue weighted by molar-refractivity contribution is 5.70. The quantitative estimate of drug-likeness (QED) is 0.520. The minimum Gasteiger partial charge on any atom is -0.444 e. The molecule has 4 heteroatoms. The van der Waals surface area contributed by atoms with Gasteiger partial charge in [0.15, 0.2) is 0 Å². The minimum absolute atomic E-state index is 0.0914. The van der Waals surface area contributed by atoms with E-state index in [2.05, 4.69) is 5.32 Å². The summed E-state index contributed by atoms with van der Waals surface area (Å²) in [5, 5.41) is 11.9. The molecule has 3 unspecified atom stereocenters. The first-order valence-electron chi connectivity index (χ1n) is 3.91. The predicted octanol–water partition coefficient (Wildman–Crippen LogP) is 0.00820. The summed E-state index contributed by atoms with van der Waals surface area (Å²) in [6.07, 6.45) is 1.47. The summed E-state index contributed by atoms with van der Waals surface area (Å²) in [5.41, 5.74) is 0. The summed E-state index contributed by atoms with van der Waals surface area (Å²) >= 11 is 0. The van der Waals surface area contributed by atoms with Crippen molar-refractivity contribution in [1.82, 2.24) is 5.32 Å². The lowest BCUT2D eigenvalue weighted by molar-refractivity contribution is 0.0429. The minimum atomic E-state index is -0.339. The Labute approximate surface area is 64.5 Å². The Kier molecular flexibility index (Phi) is 1.49. The molecule has 1 aliphatic carbocycles. The van der Waals surface area contributed by atoms with E-state index >= 15 is 0 Å². The van der Waals surface area contributed by atoms with E-state index in [9.17, 15) is 9.90 Å². The summed E-state index contributed by atoms with van der Waals surface area (Å²) < 4.78 is 4.93. The third kappa shape index (κ3) is 1.18. The molecule has 4 nitrogen and oxygen atoms in total. The van der Waals surface area contributed by atoms with Crippen LogP contribution >= 0.6 is 0 Å². The third-order valence-electron chi connectivity index (χ3n) is 2.33. The van der Waals surface area contributed by atoms with Gasteiger partial charge in [0, 0.05) is 6.42 Å². The Morgan fingerprint density at radius 3 is 3.18 bits per heavy atom. The number of carbonyl (C=O) groups excluding carboxylic acids is 1. The Morgan fingerprint density at radius 1 is 1.55 bits per heavy atom. The van der Waals surface area contributed by atoms with Crippen molar-refractivity contribution in [3.8, 4) is 0 Å². The predicted molar refractivity (Wildman–Crippen MR) is 37.1 cm³/mol. The lowest BCUT2D eigenvalue weighted by atomic mass is 9.91. The number of amides is 1. The van der Waals surface area contributed by atoms with E-state index in [1.165, 1.54) is 0 Å². The van der Waals surface area contributed by atoms with Crippen molar-refractivity contribution in [3.05, 3.63) is 0 Å². The van der Waals surface area contributed by atoms with Gasteiger partial charge in [-0.2, -0.15) is 0 Å². The van der Waals surface area contributed by atoms with Crippen molar-refractivity contribution in [1.29, 1.82) is 0 Å². The van der Waals surface area contributed by atoms with Crippen molar-refractivity contribution < 1.29 is 14.6 Å². The number of carbonyl (C=O) groups is 1. The van der Waals surface area contributed by atoms with E-state index in [4.69, 9.17) is 4.74 Å². The Morgan fingerprint density at radius 2 is 2.36 bits per heavy atom. The van der Waals surface area contributed by atoms with E-state index in [1.54, 1.807) is 0 Å². The van der Waals surface area contributed by atoms with Crippen LogP contribution in [0.25, 0.3) is 0 Å². The largest absolute Gasteiger partial charge is 0.444 e. The highest BCUT2D eigenvalue weighted by atomic mass is 16.6. The monoisotopic (exact) mass is 157 g/mol. The zero-order valence-electron chi connectivity index (χ0n) is 6.12. The molecule has 1 saturated carbocycles. The number of alkyl carbamates (subject to hydrolysis) is 1. The zero-order valence-corrected chi connectivity index (χ0v) is 6.12. The molecule has 1 saturated heterocycles. The van der Waals surface area contributed by atoms with Gasteiger partial charge >= 0.3 is 6.09 Å². The third-order valence-corrected chi connectivity index (χ3v) is 2.33. The van der Waals surface area contributed by atoms with E-state index in [0.29, 0.717) is 6.42 Å². The number of fused-ring (bicyclic) bond motifs is 1. The maximum atomic E-state index is 10.7. The van der Waals surface area contributed by atoms with Gasteiger partial charge in [0.05, 0.1) is 12.1 Å². The number of hydrogen-bond donors (Lipinski definition) is 2. The maximum Gasteiger partial charge on any atom is 0.407 e. The summed E-state index contributed by atoms with van der Waals surface area (Å²) in [4.78, 5) is 10.7. The van der Waals surface area contributed by atoms with Crippen LogP contribution in [0.3, 0.4) is 0 Å². The molecular formula is C7H11NO3. The molecule has 2 fully saturated rings. The highest BCUT2D eigenvalue weighted by Crippen LogP contribution is 2.25. The van der Waals surface area contributed by atoms with E-state index < -0.39 is 0 Å². The van der Waals surface area contributed by atoms with Crippen LogP contribution in [-0.4, -0.2) is 29.4 Å². The average molecular weight is 157 g/mol. The fourth-order valence-electron chi connectivity index (χ4n) is 1.73. The second-order valence-corrected chi connectivity index (χ2v) is 3.16. The molecule has 2 aliphatic rings. The molecule has 2 N–H and O–H groups in total. The summed E-state index contributed by atoms with van der Waals surface area (Å²) in [6, 6.07) is 0.144. The van der Waals surface area contributed by atoms with Crippen molar-refractivity contribution >= 4 is 6.09 Å². The normalized spacial score (nSPS) is 42.6. The molecule has 0 aromatic heterocycles. The number of ether oxygens (including phenoxy) is 1. The molecule has 0 spiro atoms. The highest BCUT2D eigenvalue weighted by Gasteiger charge is 2.38. The lowest BCUT2D eigenvalue weighted by Gasteiger charge is -2.25. The topological polar surface area (TPSA) is 58.6 Å². The van der Waals surface area contributed by atoms with Gasteiger partial charge in [-0.05, 0) is 12.8 Å². The standard InChI is InChI=1S/C7H11NO3/c9-4-1-2-5-6(3-4)11-7(10)8-5/h4-6,9H,1-3H2,(H,8,10). The molecule has 3 atom stereocenters. The second kappa shape index (κ2) is 2.37. The van der Waals surface area contributed by atoms with Gasteiger partial charge in [0.1, 0.15) is 6.10 Å². The molecule has 11 heavy (non-hydrogen) atoms. The summed E-state index contributed by atoms with van der Waals surface area (Å²) in [7, 11) is 0. The Hall–Kier alpha value is -0.770. The Balaban J connectivity index is 2.02. The van der Waals surface area contributed by atoms with Crippen LogP contribution in [0.1, 0.15) is 19.3 Å². The number of nitrogens with one attached hydrogen (secondary N) is 1. The van der Waals surface area contributed by atoms with Crippen molar-refractivity contribution in [2.24, 2.45) is 0 Å². The van der Waals surface area contributed by atoms with Gasteiger partial charge in [-0.15, -0.1) is 0 Å². The molecule has 0 aromatic rings. The number of aliphatic hydroxyl groups excluding tert-OH is 1. The fourth-order valence-corrected chi connectivity index (χ4v) is 1.73. The van der Waals surface area contributed by atoms with Crippen LogP contribution < -0.4 is 5.32 Å². The van der Waals surface area contributed by atoms with Gasteiger partial charge in [-0.3, -0.25) is 0 Å². The first-order valence-corrected chi connectivity index (χ1v) is 3.91. The second-order valence-electron chi connectivity index (χ2n) is 3.16.